The number of aliphatic carboxylic acids is 1. The summed E-state index contributed by atoms with van der Waals surface area (Å²) in [7, 11) is 0. The number of allylic oxidation sites excluding steroid dienone is 3. The highest BCUT2D eigenvalue weighted by Gasteiger charge is 2.60. The van der Waals surface area contributed by atoms with Crippen molar-refractivity contribution in [3.8, 4) is 0 Å². The van der Waals surface area contributed by atoms with Gasteiger partial charge in [-0.2, -0.15) is 0 Å². The lowest BCUT2D eigenvalue weighted by Crippen LogP contribution is -2.70. The minimum atomic E-state index is -3.08. The number of aliphatic hydroxyl groups is 11. The standard InChI is InChI=1S/C61H110N2O21/c1-4-6-8-10-12-14-16-17-18-19-20-21-22-23-24-25-27-29-31-33-35-48(71)63-42(43(68)34-32-30-28-26-15-13-11-9-7-5-2)40-79-58-53(75)52(74)55(47(39-66)81-58)82-59-54(76)57(51(73)46(38-65)80-59)84-61(60(77)78)36-44(69)49(62-41(3)67)56(83-61)50(72)45(70)37-64/h20-21,32,34,42-47,49-59,64-66,68-70,72-76H,4-19,22-31,33,35-40H2,1-3H3,(H,62,67)(H,63,71)(H,77,78)/b21-20-,34-32+. The highest BCUT2D eigenvalue weighted by molar-refractivity contribution is 5.77. The molecule has 0 saturated carbocycles. The molecule has 0 radical (unpaired) electrons. The number of rotatable bonds is 46. The van der Waals surface area contributed by atoms with Crippen molar-refractivity contribution in [3.63, 3.8) is 0 Å². The molecule has 3 fully saturated rings. The molecule has 18 unspecified atom stereocenters. The zero-order valence-electron chi connectivity index (χ0n) is 50.5. The summed E-state index contributed by atoms with van der Waals surface area (Å²) in [4.78, 5) is 38.4. The van der Waals surface area contributed by atoms with Crippen LogP contribution in [0.3, 0.4) is 0 Å². The Balaban J connectivity index is 1.62. The number of carboxylic acids is 1. The van der Waals surface area contributed by atoms with Crippen molar-refractivity contribution in [1.82, 2.24) is 10.6 Å². The summed E-state index contributed by atoms with van der Waals surface area (Å²) in [6.45, 7) is 2.07. The Labute approximate surface area is 498 Å². The van der Waals surface area contributed by atoms with Crippen LogP contribution in [0.2, 0.25) is 0 Å². The van der Waals surface area contributed by atoms with E-state index in [0.717, 1.165) is 77.6 Å². The molecule has 3 aliphatic heterocycles. The van der Waals surface area contributed by atoms with Gasteiger partial charge in [0.2, 0.25) is 11.8 Å². The Kier molecular flexibility index (Phi) is 38.6. The molecule has 0 aromatic heterocycles. The van der Waals surface area contributed by atoms with Crippen LogP contribution in [0.1, 0.15) is 207 Å². The Morgan fingerprint density at radius 1 is 0.619 bits per heavy atom. The van der Waals surface area contributed by atoms with Crippen molar-refractivity contribution < 1.29 is 104 Å². The molecule has 23 heteroatoms. The second kappa shape index (κ2) is 43.0. The smallest absolute Gasteiger partial charge is 0.364 e. The van der Waals surface area contributed by atoms with Gasteiger partial charge >= 0.3 is 5.97 Å². The first-order valence-corrected chi connectivity index (χ1v) is 31.7. The first-order chi connectivity index (χ1) is 40.4. The van der Waals surface area contributed by atoms with E-state index in [-0.39, 0.29) is 12.3 Å². The van der Waals surface area contributed by atoms with E-state index in [4.69, 9.17) is 28.4 Å². The Hall–Kier alpha value is -2.79. The van der Waals surface area contributed by atoms with E-state index in [9.17, 15) is 75.7 Å². The average Bonchev–Trinajstić information content (AvgIpc) is 2.42. The van der Waals surface area contributed by atoms with E-state index in [0.29, 0.717) is 12.8 Å². The number of hydrogen-bond donors (Lipinski definition) is 14. The number of carbonyl (C=O) groups is 3. The molecular formula is C61H110N2O21. The second-order valence-corrected chi connectivity index (χ2v) is 23.3. The molecule has 23 nitrogen and oxygen atoms in total. The number of carboxylic acid groups (broad SMARTS) is 1. The van der Waals surface area contributed by atoms with Gasteiger partial charge in [0.05, 0.1) is 50.7 Å². The van der Waals surface area contributed by atoms with E-state index < -0.39 is 155 Å². The third-order valence-corrected chi connectivity index (χ3v) is 16.1. The maximum absolute atomic E-state index is 13.4. The molecule has 0 aromatic carbocycles. The monoisotopic (exact) mass is 1210 g/mol. The maximum Gasteiger partial charge on any atom is 0.364 e. The number of unbranched alkanes of at least 4 members (excludes halogenated alkanes) is 24. The van der Waals surface area contributed by atoms with Gasteiger partial charge in [0.25, 0.3) is 5.79 Å². The van der Waals surface area contributed by atoms with E-state index >= 15 is 0 Å². The number of hydrogen-bond acceptors (Lipinski definition) is 20. The summed E-state index contributed by atoms with van der Waals surface area (Å²) in [5, 5.41) is 135. The van der Waals surface area contributed by atoms with Gasteiger partial charge in [0, 0.05) is 19.8 Å². The molecule has 3 saturated heterocycles. The zero-order valence-corrected chi connectivity index (χ0v) is 50.5. The van der Waals surface area contributed by atoms with Gasteiger partial charge < -0.3 is 100 Å². The highest BCUT2D eigenvalue weighted by atomic mass is 16.8. The average molecular weight is 1210 g/mol. The van der Waals surface area contributed by atoms with E-state index in [1.54, 1.807) is 6.08 Å². The molecule has 0 bridgehead atoms. The molecule has 3 heterocycles. The van der Waals surface area contributed by atoms with Crippen LogP contribution in [0.5, 0.6) is 0 Å². The molecule has 3 aliphatic rings. The lowest BCUT2D eigenvalue weighted by Gasteiger charge is -2.50. The van der Waals surface area contributed by atoms with Gasteiger partial charge in [-0.25, -0.2) is 4.79 Å². The van der Waals surface area contributed by atoms with Crippen LogP contribution in [0.15, 0.2) is 24.3 Å². The van der Waals surface area contributed by atoms with Crippen molar-refractivity contribution in [2.75, 3.05) is 26.4 Å². The van der Waals surface area contributed by atoms with Gasteiger partial charge in [0.1, 0.15) is 67.1 Å². The Bertz CT molecular complexity index is 1820. The van der Waals surface area contributed by atoms with E-state index in [1.165, 1.54) is 89.9 Å². The summed E-state index contributed by atoms with van der Waals surface area (Å²) in [6, 6.07) is -2.62. The highest BCUT2D eigenvalue weighted by Crippen LogP contribution is 2.38. The quantitative estimate of drug-likeness (QED) is 0.0305. The van der Waals surface area contributed by atoms with Crippen molar-refractivity contribution >= 4 is 17.8 Å². The van der Waals surface area contributed by atoms with Gasteiger partial charge in [-0.3, -0.25) is 9.59 Å². The third-order valence-electron chi connectivity index (χ3n) is 16.1. The summed E-state index contributed by atoms with van der Waals surface area (Å²) >= 11 is 0. The van der Waals surface area contributed by atoms with Crippen LogP contribution in [-0.4, -0.2) is 215 Å². The number of amides is 2. The molecular weight excluding hydrogens is 1100 g/mol. The SMILES string of the molecule is CCCCCCCCCC/C=C/C(O)C(COC1OC(CO)C(OC2OC(CO)C(O)C(OC3(C(=O)O)CC(O)C(NC(C)=O)C(C(O)C(O)CO)O3)C2O)C(O)C1O)NC(=O)CCCCCCCCC/C=C\CCCCCCCCCCC. The number of ether oxygens (including phenoxy) is 6. The largest absolute Gasteiger partial charge is 0.477 e. The lowest BCUT2D eigenvalue weighted by atomic mass is 9.88. The minimum Gasteiger partial charge on any atom is -0.477 e. The van der Waals surface area contributed by atoms with Gasteiger partial charge in [0.15, 0.2) is 12.6 Å². The first kappa shape index (κ1) is 75.5. The molecule has 3 rings (SSSR count). The molecule has 14 N–H and O–H groups in total. The van der Waals surface area contributed by atoms with Crippen LogP contribution in [-0.2, 0) is 42.8 Å². The molecule has 490 valence electrons. The van der Waals surface area contributed by atoms with Crippen LogP contribution in [0, 0.1) is 0 Å². The van der Waals surface area contributed by atoms with Crippen molar-refractivity contribution in [2.45, 2.75) is 317 Å². The number of aliphatic hydroxyl groups excluding tert-OH is 11. The van der Waals surface area contributed by atoms with E-state index in [2.05, 4.69) is 36.6 Å². The number of nitrogens with one attached hydrogen (secondary N) is 2. The molecule has 0 aromatic rings. The fraction of sp³-hybridized carbons (Fsp3) is 0.885. The van der Waals surface area contributed by atoms with Crippen molar-refractivity contribution in [2.24, 2.45) is 0 Å². The summed E-state index contributed by atoms with van der Waals surface area (Å²) in [6.07, 6.45) is 9.70. The van der Waals surface area contributed by atoms with Gasteiger partial charge in [-0.1, -0.05) is 167 Å². The predicted octanol–water partition coefficient (Wildman–Crippen LogP) is 3.72. The second-order valence-electron chi connectivity index (χ2n) is 23.3. The fourth-order valence-electron chi connectivity index (χ4n) is 11.0. The normalized spacial score (nSPS) is 29.9. The van der Waals surface area contributed by atoms with Crippen LogP contribution in [0.25, 0.3) is 0 Å². The molecule has 0 spiro atoms. The van der Waals surface area contributed by atoms with Gasteiger partial charge in [-0.05, 0) is 44.9 Å². The van der Waals surface area contributed by atoms with Crippen molar-refractivity contribution in [3.05, 3.63) is 24.3 Å². The third kappa shape index (κ3) is 26.5. The topological polar surface area (TPSA) is 373 Å². The molecule has 0 aliphatic carbocycles. The Morgan fingerprint density at radius 2 is 1.12 bits per heavy atom. The predicted molar refractivity (Wildman–Crippen MR) is 311 cm³/mol. The summed E-state index contributed by atoms with van der Waals surface area (Å²) in [5.74, 6) is -6.15. The molecule has 2 amide bonds. The number of carbonyl (C=O) groups excluding carboxylic acids is 2. The first-order valence-electron chi connectivity index (χ1n) is 31.7. The molecule has 18 atom stereocenters. The Morgan fingerprint density at radius 3 is 1.62 bits per heavy atom. The fourth-order valence-corrected chi connectivity index (χ4v) is 11.0. The maximum atomic E-state index is 13.4. The lowest BCUT2D eigenvalue weighted by molar-refractivity contribution is -0.386. The zero-order chi connectivity index (χ0) is 61.9. The van der Waals surface area contributed by atoms with Crippen LogP contribution >= 0.6 is 0 Å². The summed E-state index contributed by atoms with van der Waals surface area (Å²) < 4.78 is 34.7. The van der Waals surface area contributed by atoms with Crippen LogP contribution in [0.4, 0.5) is 0 Å². The van der Waals surface area contributed by atoms with Crippen LogP contribution < -0.4 is 10.6 Å². The molecule has 84 heavy (non-hydrogen) atoms. The van der Waals surface area contributed by atoms with Gasteiger partial charge in [-0.15, -0.1) is 0 Å². The summed E-state index contributed by atoms with van der Waals surface area (Å²) in [5.41, 5.74) is 0. The van der Waals surface area contributed by atoms with E-state index in [1.807, 2.05) is 6.08 Å². The van der Waals surface area contributed by atoms with Crippen molar-refractivity contribution in [1.29, 1.82) is 0 Å². The minimum absolute atomic E-state index is 0.195.